The summed E-state index contributed by atoms with van der Waals surface area (Å²) in [5.41, 5.74) is 1.24. The third-order valence-electron chi connectivity index (χ3n) is 3.60. The first-order chi connectivity index (χ1) is 12.7. The standard InChI is InChI=1S/C18H18N4O4/c1-24-14-7-6-12(11-15(14)25-2)20-16(23)8-9-17-21-18(22-26-17)13-5-3-4-10-19-13/h3-7,10-11H,8-9H2,1-2H3,(H,20,23). The molecule has 0 aliphatic rings. The SMILES string of the molecule is COc1ccc(NC(=O)CCc2nc(-c3ccccn3)no2)cc1OC. The highest BCUT2D eigenvalue weighted by atomic mass is 16.5. The molecular formula is C18H18N4O4. The van der Waals surface area contributed by atoms with E-state index in [9.17, 15) is 4.79 Å². The zero-order valence-electron chi connectivity index (χ0n) is 14.4. The van der Waals surface area contributed by atoms with Gasteiger partial charge in [-0.05, 0) is 24.3 Å². The molecule has 8 heteroatoms. The van der Waals surface area contributed by atoms with E-state index in [1.54, 1.807) is 37.6 Å². The van der Waals surface area contributed by atoms with E-state index in [0.717, 1.165) is 0 Å². The molecule has 134 valence electrons. The minimum Gasteiger partial charge on any atom is -0.493 e. The van der Waals surface area contributed by atoms with Gasteiger partial charge in [0.2, 0.25) is 17.6 Å². The zero-order chi connectivity index (χ0) is 18.4. The minimum atomic E-state index is -0.171. The van der Waals surface area contributed by atoms with Crippen LogP contribution in [-0.4, -0.2) is 35.3 Å². The molecule has 0 bridgehead atoms. The first-order valence-corrected chi connectivity index (χ1v) is 7.95. The van der Waals surface area contributed by atoms with Crippen molar-refractivity contribution in [3.63, 3.8) is 0 Å². The van der Waals surface area contributed by atoms with E-state index >= 15 is 0 Å². The number of aryl methyl sites for hydroxylation is 1. The average Bonchev–Trinajstić information content (AvgIpc) is 3.16. The Morgan fingerprint density at radius 3 is 2.73 bits per heavy atom. The largest absolute Gasteiger partial charge is 0.493 e. The highest BCUT2D eigenvalue weighted by molar-refractivity contribution is 5.91. The Labute approximate surface area is 150 Å². The molecule has 1 amide bonds. The maximum absolute atomic E-state index is 12.1. The van der Waals surface area contributed by atoms with E-state index in [-0.39, 0.29) is 12.3 Å². The summed E-state index contributed by atoms with van der Waals surface area (Å²) >= 11 is 0. The molecule has 8 nitrogen and oxygen atoms in total. The second kappa shape index (κ2) is 8.11. The van der Waals surface area contributed by atoms with Crippen LogP contribution in [0, 0.1) is 0 Å². The number of pyridine rings is 1. The number of nitrogens with one attached hydrogen (secondary N) is 1. The zero-order valence-corrected chi connectivity index (χ0v) is 14.4. The number of hydrogen-bond acceptors (Lipinski definition) is 7. The summed E-state index contributed by atoms with van der Waals surface area (Å²) in [6.45, 7) is 0. The predicted molar refractivity (Wildman–Crippen MR) is 94.0 cm³/mol. The van der Waals surface area contributed by atoms with E-state index in [1.807, 2.05) is 12.1 Å². The van der Waals surface area contributed by atoms with Crippen LogP contribution in [0.3, 0.4) is 0 Å². The van der Waals surface area contributed by atoms with Crippen LogP contribution < -0.4 is 14.8 Å². The summed E-state index contributed by atoms with van der Waals surface area (Å²) in [7, 11) is 3.10. The number of carbonyl (C=O) groups excluding carboxylic acids is 1. The second-order valence-corrected chi connectivity index (χ2v) is 5.34. The third-order valence-corrected chi connectivity index (χ3v) is 3.60. The fraction of sp³-hybridized carbons (Fsp3) is 0.222. The number of benzene rings is 1. The first kappa shape index (κ1) is 17.4. The topological polar surface area (TPSA) is 99.4 Å². The molecule has 0 spiro atoms. The number of ether oxygens (including phenoxy) is 2. The number of hydrogen-bond donors (Lipinski definition) is 1. The van der Waals surface area contributed by atoms with Gasteiger partial charge in [0.15, 0.2) is 11.5 Å². The number of anilines is 1. The Kier molecular flexibility index (Phi) is 5.43. The Bertz CT molecular complexity index is 880. The number of amides is 1. The highest BCUT2D eigenvalue weighted by Gasteiger charge is 2.12. The Balaban J connectivity index is 1.57. The van der Waals surface area contributed by atoms with Crippen LogP contribution in [0.5, 0.6) is 11.5 Å². The lowest BCUT2D eigenvalue weighted by atomic mass is 10.2. The van der Waals surface area contributed by atoms with Crippen molar-refractivity contribution < 1.29 is 18.8 Å². The summed E-state index contributed by atoms with van der Waals surface area (Å²) in [4.78, 5) is 20.5. The first-order valence-electron chi connectivity index (χ1n) is 7.95. The smallest absolute Gasteiger partial charge is 0.227 e. The summed E-state index contributed by atoms with van der Waals surface area (Å²) in [5.74, 6) is 1.75. The van der Waals surface area contributed by atoms with Crippen molar-refractivity contribution in [2.24, 2.45) is 0 Å². The van der Waals surface area contributed by atoms with Gasteiger partial charge in [0, 0.05) is 30.8 Å². The number of rotatable bonds is 7. The van der Waals surface area contributed by atoms with Gasteiger partial charge in [-0.3, -0.25) is 9.78 Å². The normalized spacial score (nSPS) is 10.4. The van der Waals surface area contributed by atoms with Crippen molar-refractivity contribution in [3.8, 4) is 23.0 Å². The third kappa shape index (κ3) is 4.15. The Morgan fingerprint density at radius 2 is 2.00 bits per heavy atom. The van der Waals surface area contributed by atoms with Gasteiger partial charge in [-0.15, -0.1) is 0 Å². The van der Waals surface area contributed by atoms with E-state index in [0.29, 0.717) is 41.0 Å². The molecule has 26 heavy (non-hydrogen) atoms. The summed E-state index contributed by atoms with van der Waals surface area (Å²) < 4.78 is 15.6. The minimum absolute atomic E-state index is 0.171. The van der Waals surface area contributed by atoms with Crippen LogP contribution in [0.4, 0.5) is 5.69 Å². The number of aromatic nitrogens is 3. The molecule has 0 aliphatic carbocycles. The summed E-state index contributed by atoms with van der Waals surface area (Å²) in [6, 6.07) is 10.6. The van der Waals surface area contributed by atoms with Crippen LogP contribution in [0.15, 0.2) is 47.1 Å². The Morgan fingerprint density at radius 1 is 1.15 bits per heavy atom. The average molecular weight is 354 g/mol. The van der Waals surface area contributed by atoms with Crippen molar-refractivity contribution in [1.82, 2.24) is 15.1 Å². The lowest BCUT2D eigenvalue weighted by Gasteiger charge is -2.10. The number of nitrogens with zero attached hydrogens (tertiary/aromatic N) is 3. The van der Waals surface area contributed by atoms with Gasteiger partial charge in [-0.1, -0.05) is 11.2 Å². The molecule has 2 heterocycles. The lowest BCUT2D eigenvalue weighted by molar-refractivity contribution is -0.116. The molecule has 1 N–H and O–H groups in total. The molecule has 0 fully saturated rings. The molecule has 1 aromatic carbocycles. The van der Waals surface area contributed by atoms with Gasteiger partial charge in [0.25, 0.3) is 0 Å². The molecule has 0 aliphatic heterocycles. The predicted octanol–water partition coefficient (Wildman–Crippen LogP) is 2.72. The summed E-state index contributed by atoms with van der Waals surface area (Å²) in [6.07, 6.45) is 2.19. The van der Waals surface area contributed by atoms with E-state index < -0.39 is 0 Å². The maximum atomic E-state index is 12.1. The fourth-order valence-corrected chi connectivity index (χ4v) is 2.31. The number of methoxy groups -OCH3 is 2. The van der Waals surface area contributed by atoms with Gasteiger partial charge < -0.3 is 19.3 Å². The molecule has 2 aromatic heterocycles. The molecule has 0 saturated carbocycles. The van der Waals surface area contributed by atoms with E-state index in [2.05, 4.69) is 20.4 Å². The van der Waals surface area contributed by atoms with Gasteiger partial charge in [-0.2, -0.15) is 4.98 Å². The molecule has 0 atom stereocenters. The molecule has 0 unspecified atom stereocenters. The van der Waals surface area contributed by atoms with Crippen molar-refractivity contribution in [3.05, 3.63) is 48.5 Å². The molecule has 3 aromatic rings. The molecule has 3 rings (SSSR count). The summed E-state index contributed by atoms with van der Waals surface area (Å²) in [5, 5.41) is 6.68. The van der Waals surface area contributed by atoms with Gasteiger partial charge in [0.05, 0.1) is 14.2 Å². The van der Waals surface area contributed by atoms with Gasteiger partial charge >= 0.3 is 0 Å². The van der Waals surface area contributed by atoms with E-state index in [4.69, 9.17) is 14.0 Å². The highest BCUT2D eigenvalue weighted by Crippen LogP contribution is 2.29. The van der Waals surface area contributed by atoms with Crippen molar-refractivity contribution in [1.29, 1.82) is 0 Å². The van der Waals surface area contributed by atoms with Crippen LogP contribution in [-0.2, 0) is 11.2 Å². The monoisotopic (exact) mass is 354 g/mol. The van der Waals surface area contributed by atoms with Gasteiger partial charge in [0.1, 0.15) is 5.69 Å². The number of carbonyl (C=O) groups is 1. The van der Waals surface area contributed by atoms with Crippen LogP contribution in [0.2, 0.25) is 0 Å². The molecular weight excluding hydrogens is 336 g/mol. The molecule has 0 saturated heterocycles. The van der Waals surface area contributed by atoms with Crippen LogP contribution in [0.1, 0.15) is 12.3 Å². The van der Waals surface area contributed by atoms with Crippen molar-refractivity contribution >= 4 is 11.6 Å². The maximum Gasteiger partial charge on any atom is 0.227 e. The molecule has 0 radical (unpaired) electrons. The van der Waals surface area contributed by atoms with Crippen molar-refractivity contribution in [2.45, 2.75) is 12.8 Å². The Hall–Kier alpha value is -3.42. The quantitative estimate of drug-likeness (QED) is 0.696. The van der Waals surface area contributed by atoms with E-state index in [1.165, 1.54) is 7.11 Å². The fourth-order valence-electron chi connectivity index (χ4n) is 2.31. The second-order valence-electron chi connectivity index (χ2n) is 5.34. The van der Waals surface area contributed by atoms with Crippen LogP contribution in [0.25, 0.3) is 11.5 Å². The van der Waals surface area contributed by atoms with Crippen LogP contribution >= 0.6 is 0 Å². The van der Waals surface area contributed by atoms with Crippen molar-refractivity contribution in [2.75, 3.05) is 19.5 Å². The lowest BCUT2D eigenvalue weighted by Crippen LogP contribution is -2.12. The van der Waals surface area contributed by atoms with Gasteiger partial charge in [-0.25, -0.2) is 0 Å².